The number of hydrogen-bond donors (Lipinski definition) is 1. The average Bonchev–Trinajstić information content (AvgIpc) is 2.49. The average molecular weight is 269 g/mol. The number of hydrogen-bond acceptors (Lipinski definition) is 3. The van der Waals surface area contributed by atoms with Gasteiger partial charge in [-0.1, -0.05) is 43.3 Å². The molecule has 0 radical (unpaired) electrons. The van der Waals surface area contributed by atoms with Crippen molar-refractivity contribution in [2.24, 2.45) is 5.73 Å². The molecule has 0 aliphatic rings. The van der Waals surface area contributed by atoms with Gasteiger partial charge in [0.1, 0.15) is 0 Å². The molecule has 2 N–H and O–H groups in total. The molecule has 0 aliphatic carbocycles. The van der Waals surface area contributed by atoms with Gasteiger partial charge in [-0.25, -0.2) is 0 Å². The van der Waals surface area contributed by atoms with Crippen LogP contribution in [0.4, 0.5) is 0 Å². The van der Waals surface area contributed by atoms with Crippen LogP contribution in [0.5, 0.6) is 0 Å². The molecule has 1 heterocycles. The summed E-state index contributed by atoms with van der Waals surface area (Å²) in [4.78, 5) is 6.78. The molecule has 1 aromatic carbocycles. The molecule has 0 bridgehead atoms. The van der Waals surface area contributed by atoms with Crippen molar-refractivity contribution in [3.63, 3.8) is 0 Å². The Morgan fingerprint density at radius 1 is 1.15 bits per heavy atom. The molecule has 0 spiro atoms. The van der Waals surface area contributed by atoms with Crippen LogP contribution in [0, 0.1) is 6.92 Å². The van der Waals surface area contributed by atoms with Crippen LogP contribution in [0.3, 0.4) is 0 Å². The van der Waals surface area contributed by atoms with E-state index in [1.807, 2.05) is 25.3 Å². The monoisotopic (exact) mass is 269 g/mol. The zero-order chi connectivity index (χ0) is 14.4. The van der Waals surface area contributed by atoms with Gasteiger partial charge in [-0.3, -0.25) is 9.88 Å². The fraction of sp³-hybridized carbons (Fsp3) is 0.353. The normalized spacial score (nSPS) is 12.6. The van der Waals surface area contributed by atoms with E-state index in [1.54, 1.807) is 0 Å². The second-order valence-corrected chi connectivity index (χ2v) is 5.03. The Bertz CT molecular complexity index is 508. The number of nitrogens with two attached hydrogens (primary N) is 1. The molecular weight excluding hydrogens is 246 g/mol. The van der Waals surface area contributed by atoms with E-state index >= 15 is 0 Å². The molecular formula is C17H23N3. The fourth-order valence-electron chi connectivity index (χ4n) is 2.43. The second-order valence-electron chi connectivity index (χ2n) is 5.03. The molecule has 1 unspecified atom stereocenters. The highest BCUT2D eigenvalue weighted by molar-refractivity contribution is 5.19. The molecule has 0 amide bonds. The SMILES string of the molecule is CCN(Cc1ccccc1)C(CN)c1ccc(C)nc1. The summed E-state index contributed by atoms with van der Waals surface area (Å²) in [5.41, 5.74) is 9.54. The lowest BCUT2D eigenvalue weighted by Crippen LogP contribution is -2.33. The molecule has 3 heteroatoms. The van der Waals surface area contributed by atoms with E-state index in [-0.39, 0.29) is 6.04 Å². The molecule has 1 atom stereocenters. The summed E-state index contributed by atoms with van der Waals surface area (Å²) in [7, 11) is 0. The van der Waals surface area contributed by atoms with E-state index in [2.05, 4.69) is 47.1 Å². The van der Waals surface area contributed by atoms with Crippen molar-refractivity contribution in [2.45, 2.75) is 26.4 Å². The van der Waals surface area contributed by atoms with Gasteiger partial charge in [0.15, 0.2) is 0 Å². The smallest absolute Gasteiger partial charge is 0.0489 e. The molecule has 0 fully saturated rings. The fourth-order valence-corrected chi connectivity index (χ4v) is 2.43. The largest absolute Gasteiger partial charge is 0.329 e. The van der Waals surface area contributed by atoms with Crippen molar-refractivity contribution in [3.8, 4) is 0 Å². The van der Waals surface area contributed by atoms with Crippen LogP contribution in [0.1, 0.15) is 29.8 Å². The molecule has 2 rings (SSSR count). The third kappa shape index (κ3) is 3.65. The van der Waals surface area contributed by atoms with E-state index in [0.717, 1.165) is 18.8 Å². The molecule has 0 saturated carbocycles. The van der Waals surface area contributed by atoms with Crippen LogP contribution in [0.2, 0.25) is 0 Å². The molecule has 0 aliphatic heterocycles. The minimum Gasteiger partial charge on any atom is -0.329 e. The highest BCUT2D eigenvalue weighted by atomic mass is 15.2. The van der Waals surface area contributed by atoms with Gasteiger partial charge in [0.05, 0.1) is 0 Å². The Labute approximate surface area is 121 Å². The lowest BCUT2D eigenvalue weighted by Gasteiger charge is -2.30. The van der Waals surface area contributed by atoms with Crippen molar-refractivity contribution < 1.29 is 0 Å². The number of aryl methyl sites for hydroxylation is 1. The lowest BCUT2D eigenvalue weighted by molar-refractivity contribution is 0.203. The van der Waals surface area contributed by atoms with Gasteiger partial charge in [-0.05, 0) is 30.7 Å². The van der Waals surface area contributed by atoms with Gasteiger partial charge in [0.2, 0.25) is 0 Å². The van der Waals surface area contributed by atoms with Gasteiger partial charge in [0.25, 0.3) is 0 Å². The number of likely N-dealkylation sites (N-methyl/N-ethyl adjacent to an activating group) is 1. The minimum atomic E-state index is 0.216. The quantitative estimate of drug-likeness (QED) is 0.876. The van der Waals surface area contributed by atoms with Crippen LogP contribution >= 0.6 is 0 Å². The van der Waals surface area contributed by atoms with Gasteiger partial charge in [-0.15, -0.1) is 0 Å². The van der Waals surface area contributed by atoms with Crippen molar-refractivity contribution >= 4 is 0 Å². The van der Waals surface area contributed by atoms with E-state index in [0.29, 0.717) is 6.54 Å². The molecule has 3 nitrogen and oxygen atoms in total. The molecule has 2 aromatic rings. The molecule has 106 valence electrons. The van der Waals surface area contributed by atoms with E-state index in [4.69, 9.17) is 5.73 Å². The highest BCUT2D eigenvalue weighted by Crippen LogP contribution is 2.21. The summed E-state index contributed by atoms with van der Waals surface area (Å²) >= 11 is 0. The molecule has 20 heavy (non-hydrogen) atoms. The van der Waals surface area contributed by atoms with E-state index in [9.17, 15) is 0 Å². The second kappa shape index (κ2) is 7.17. The summed E-state index contributed by atoms with van der Waals surface area (Å²) in [6, 6.07) is 14.9. The number of rotatable bonds is 6. The van der Waals surface area contributed by atoms with Gasteiger partial charge in [0, 0.05) is 31.0 Å². The number of nitrogens with zero attached hydrogens (tertiary/aromatic N) is 2. The Kier molecular flexibility index (Phi) is 5.27. The first-order valence-electron chi connectivity index (χ1n) is 7.15. The first kappa shape index (κ1) is 14.7. The van der Waals surface area contributed by atoms with Crippen LogP contribution < -0.4 is 5.73 Å². The zero-order valence-electron chi connectivity index (χ0n) is 12.3. The highest BCUT2D eigenvalue weighted by Gasteiger charge is 2.18. The summed E-state index contributed by atoms with van der Waals surface area (Å²) in [5, 5.41) is 0. The first-order chi connectivity index (χ1) is 9.74. The van der Waals surface area contributed by atoms with E-state index < -0.39 is 0 Å². The maximum absolute atomic E-state index is 6.00. The Balaban J connectivity index is 2.17. The summed E-state index contributed by atoms with van der Waals surface area (Å²) in [6.45, 7) is 6.65. The van der Waals surface area contributed by atoms with E-state index in [1.165, 1.54) is 11.1 Å². The standard InChI is InChI=1S/C17H23N3/c1-3-20(13-15-7-5-4-6-8-15)17(11-18)16-10-9-14(2)19-12-16/h4-10,12,17H,3,11,13,18H2,1-2H3. The van der Waals surface area contributed by atoms with Crippen LogP contribution in [-0.2, 0) is 6.54 Å². The number of pyridine rings is 1. The van der Waals surface area contributed by atoms with Crippen molar-refractivity contribution in [2.75, 3.05) is 13.1 Å². The van der Waals surface area contributed by atoms with Crippen LogP contribution in [0.25, 0.3) is 0 Å². The van der Waals surface area contributed by atoms with Gasteiger partial charge < -0.3 is 5.73 Å². The Hall–Kier alpha value is -1.71. The minimum absolute atomic E-state index is 0.216. The maximum Gasteiger partial charge on any atom is 0.0489 e. The van der Waals surface area contributed by atoms with Gasteiger partial charge >= 0.3 is 0 Å². The number of aromatic nitrogens is 1. The lowest BCUT2D eigenvalue weighted by atomic mass is 10.1. The predicted molar refractivity (Wildman–Crippen MR) is 83.3 cm³/mol. The summed E-state index contributed by atoms with van der Waals surface area (Å²) < 4.78 is 0. The third-order valence-electron chi connectivity index (χ3n) is 3.62. The van der Waals surface area contributed by atoms with Crippen LogP contribution in [-0.4, -0.2) is 23.0 Å². The Morgan fingerprint density at radius 3 is 2.45 bits per heavy atom. The van der Waals surface area contributed by atoms with Crippen molar-refractivity contribution in [1.82, 2.24) is 9.88 Å². The number of benzene rings is 1. The third-order valence-corrected chi connectivity index (χ3v) is 3.62. The van der Waals surface area contributed by atoms with Crippen molar-refractivity contribution in [1.29, 1.82) is 0 Å². The summed E-state index contributed by atoms with van der Waals surface area (Å²) in [5.74, 6) is 0. The summed E-state index contributed by atoms with van der Waals surface area (Å²) in [6.07, 6.45) is 1.94. The topological polar surface area (TPSA) is 42.1 Å². The van der Waals surface area contributed by atoms with Crippen LogP contribution in [0.15, 0.2) is 48.7 Å². The van der Waals surface area contributed by atoms with Crippen molar-refractivity contribution in [3.05, 3.63) is 65.5 Å². The maximum atomic E-state index is 6.00. The molecule has 1 aromatic heterocycles. The molecule has 0 saturated heterocycles. The Morgan fingerprint density at radius 2 is 1.90 bits per heavy atom. The first-order valence-corrected chi connectivity index (χ1v) is 7.15. The zero-order valence-corrected chi connectivity index (χ0v) is 12.3. The predicted octanol–water partition coefficient (Wildman–Crippen LogP) is 2.91. The van der Waals surface area contributed by atoms with Gasteiger partial charge in [-0.2, -0.15) is 0 Å².